The molecular formula is C16H23N3O. The molecule has 1 N–H and O–H groups in total. The molecule has 2 aromatic rings. The van der Waals surface area contributed by atoms with Gasteiger partial charge in [-0.3, -0.25) is 0 Å². The molecule has 0 saturated heterocycles. The van der Waals surface area contributed by atoms with Crippen LogP contribution >= 0.6 is 0 Å². The number of aryl methyl sites for hydroxylation is 2. The van der Waals surface area contributed by atoms with Crippen molar-refractivity contribution in [3.8, 4) is 0 Å². The Balaban J connectivity index is 1.79. The van der Waals surface area contributed by atoms with Crippen LogP contribution in [0.2, 0.25) is 0 Å². The van der Waals surface area contributed by atoms with Crippen LogP contribution in [0.5, 0.6) is 0 Å². The van der Waals surface area contributed by atoms with Gasteiger partial charge >= 0.3 is 0 Å². The van der Waals surface area contributed by atoms with E-state index in [-0.39, 0.29) is 6.61 Å². The molecule has 0 bridgehead atoms. The maximum Gasteiger partial charge on any atom is 0.105 e. The van der Waals surface area contributed by atoms with Gasteiger partial charge in [0.2, 0.25) is 0 Å². The number of nitrogens with zero attached hydrogens (tertiary/aromatic N) is 3. The van der Waals surface area contributed by atoms with E-state index in [2.05, 4.69) is 26.6 Å². The van der Waals surface area contributed by atoms with Gasteiger partial charge in [-0.25, -0.2) is 4.98 Å². The van der Waals surface area contributed by atoms with Gasteiger partial charge in [-0.1, -0.05) is 18.2 Å². The molecule has 0 aliphatic carbocycles. The zero-order valence-corrected chi connectivity index (χ0v) is 12.1. The summed E-state index contributed by atoms with van der Waals surface area (Å²) in [6.45, 7) is 4.89. The first-order chi connectivity index (χ1) is 9.81. The van der Waals surface area contributed by atoms with Crippen molar-refractivity contribution in [2.45, 2.75) is 26.3 Å². The Morgan fingerprint density at radius 2 is 1.95 bits per heavy atom. The third-order valence-electron chi connectivity index (χ3n) is 3.49. The number of benzene rings is 1. The topological polar surface area (TPSA) is 41.3 Å². The number of unbranched alkanes of at least 4 members (excludes halogenated alkanes) is 1. The molecule has 1 aromatic carbocycles. The predicted octanol–water partition coefficient (Wildman–Crippen LogP) is 2.47. The second kappa shape index (κ2) is 7.70. The molecule has 0 fully saturated rings. The Labute approximate surface area is 120 Å². The molecule has 0 unspecified atom stereocenters. The Hall–Kier alpha value is -1.81. The Morgan fingerprint density at radius 3 is 2.60 bits per heavy atom. The zero-order valence-electron chi connectivity index (χ0n) is 12.1. The fraction of sp³-hybridized carbons (Fsp3) is 0.438. The molecule has 0 amide bonds. The summed E-state index contributed by atoms with van der Waals surface area (Å²) in [6, 6.07) is 10.3. The number of hydrogen-bond donors (Lipinski definition) is 1. The van der Waals surface area contributed by atoms with E-state index in [1.54, 1.807) is 0 Å². The molecular weight excluding hydrogens is 250 g/mol. The third kappa shape index (κ3) is 4.10. The van der Waals surface area contributed by atoms with Gasteiger partial charge in [-0.15, -0.1) is 0 Å². The number of aliphatic hydroxyl groups excluding tert-OH is 1. The lowest BCUT2D eigenvalue weighted by atomic mass is 10.2. The second-order valence-electron chi connectivity index (χ2n) is 4.92. The SMILES string of the molecule is Cc1nccn1CCCCN(CCO)c1ccccc1. The predicted molar refractivity (Wildman–Crippen MR) is 81.9 cm³/mol. The summed E-state index contributed by atoms with van der Waals surface area (Å²) in [7, 11) is 0. The van der Waals surface area contributed by atoms with Crippen molar-refractivity contribution < 1.29 is 5.11 Å². The highest BCUT2D eigenvalue weighted by atomic mass is 16.3. The highest BCUT2D eigenvalue weighted by Gasteiger charge is 2.05. The molecule has 108 valence electrons. The van der Waals surface area contributed by atoms with E-state index in [0.29, 0.717) is 6.54 Å². The molecule has 0 aliphatic rings. The second-order valence-corrected chi connectivity index (χ2v) is 4.92. The van der Waals surface area contributed by atoms with Crippen LogP contribution in [-0.2, 0) is 6.54 Å². The van der Waals surface area contributed by atoms with Crippen molar-refractivity contribution in [3.05, 3.63) is 48.5 Å². The number of aliphatic hydroxyl groups is 1. The molecule has 2 rings (SSSR count). The number of aromatic nitrogens is 2. The van der Waals surface area contributed by atoms with E-state index in [1.165, 1.54) is 5.69 Å². The summed E-state index contributed by atoms with van der Waals surface area (Å²) < 4.78 is 2.18. The molecule has 0 aliphatic heterocycles. The number of para-hydroxylation sites is 1. The van der Waals surface area contributed by atoms with Gasteiger partial charge in [0.1, 0.15) is 5.82 Å². The summed E-state index contributed by atoms with van der Waals surface area (Å²) in [6.07, 6.45) is 6.09. The van der Waals surface area contributed by atoms with Crippen LogP contribution in [0.25, 0.3) is 0 Å². The molecule has 0 radical (unpaired) electrons. The zero-order chi connectivity index (χ0) is 14.2. The summed E-state index contributed by atoms with van der Waals surface area (Å²) >= 11 is 0. The van der Waals surface area contributed by atoms with Gasteiger partial charge in [0, 0.05) is 37.7 Å². The molecule has 4 nitrogen and oxygen atoms in total. The van der Waals surface area contributed by atoms with Crippen LogP contribution in [0.1, 0.15) is 18.7 Å². The molecule has 0 atom stereocenters. The van der Waals surface area contributed by atoms with E-state index < -0.39 is 0 Å². The summed E-state index contributed by atoms with van der Waals surface area (Å²) in [5.41, 5.74) is 1.18. The smallest absolute Gasteiger partial charge is 0.105 e. The largest absolute Gasteiger partial charge is 0.395 e. The minimum absolute atomic E-state index is 0.190. The Bertz CT molecular complexity index is 495. The standard InChI is InChI=1S/C16H23N3O/c1-15-17-9-12-18(15)10-5-6-11-19(13-14-20)16-7-3-2-4-8-16/h2-4,7-9,12,20H,5-6,10-11,13-14H2,1H3. The monoisotopic (exact) mass is 273 g/mol. The minimum atomic E-state index is 0.190. The van der Waals surface area contributed by atoms with Crippen LogP contribution in [0.15, 0.2) is 42.7 Å². The van der Waals surface area contributed by atoms with Crippen molar-refractivity contribution in [2.75, 3.05) is 24.6 Å². The van der Waals surface area contributed by atoms with Gasteiger partial charge in [0.25, 0.3) is 0 Å². The summed E-state index contributed by atoms with van der Waals surface area (Å²) in [5.74, 6) is 1.07. The van der Waals surface area contributed by atoms with Gasteiger partial charge in [-0.2, -0.15) is 0 Å². The maximum atomic E-state index is 9.19. The Kier molecular flexibility index (Phi) is 5.62. The van der Waals surface area contributed by atoms with Crippen LogP contribution in [0.4, 0.5) is 5.69 Å². The van der Waals surface area contributed by atoms with Crippen molar-refractivity contribution in [1.82, 2.24) is 9.55 Å². The highest BCUT2D eigenvalue weighted by molar-refractivity contribution is 5.45. The molecule has 0 saturated carbocycles. The van der Waals surface area contributed by atoms with Crippen molar-refractivity contribution in [1.29, 1.82) is 0 Å². The lowest BCUT2D eigenvalue weighted by Crippen LogP contribution is -2.27. The lowest BCUT2D eigenvalue weighted by Gasteiger charge is -2.24. The first-order valence-corrected chi connectivity index (χ1v) is 7.20. The number of hydrogen-bond acceptors (Lipinski definition) is 3. The molecule has 1 heterocycles. The van der Waals surface area contributed by atoms with E-state index in [4.69, 9.17) is 0 Å². The van der Waals surface area contributed by atoms with Crippen LogP contribution in [0, 0.1) is 6.92 Å². The fourth-order valence-electron chi connectivity index (χ4n) is 2.35. The summed E-state index contributed by atoms with van der Waals surface area (Å²) in [5, 5.41) is 9.19. The van der Waals surface area contributed by atoms with Crippen molar-refractivity contribution in [2.24, 2.45) is 0 Å². The van der Waals surface area contributed by atoms with Crippen molar-refractivity contribution >= 4 is 5.69 Å². The van der Waals surface area contributed by atoms with Gasteiger partial charge in [-0.05, 0) is 31.9 Å². The average Bonchev–Trinajstić information content (AvgIpc) is 2.89. The van der Waals surface area contributed by atoms with E-state index in [0.717, 1.165) is 31.8 Å². The molecule has 4 heteroatoms. The molecule has 1 aromatic heterocycles. The quantitative estimate of drug-likeness (QED) is 0.751. The normalized spacial score (nSPS) is 10.7. The van der Waals surface area contributed by atoms with Gasteiger partial charge in [0.05, 0.1) is 6.61 Å². The van der Waals surface area contributed by atoms with Gasteiger partial charge in [0.15, 0.2) is 0 Å². The Morgan fingerprint density at radius 1 is 1.15 bits per heavy atom. The molecule has 0 spiro atoms. The number of anilines is 1. The van der Waals surface area contributed by atoms with Crippen LogP contribution in [0.3, 0.4) is 0 Å². The number of rotatable bonds is 8. The van der Waals surface area contributed by atoms with E-state index >= 15 is 0 Å². The maximum absolute atomic E-state index is 9.19. The summed E-state index contributed by atoms with van der Waals surface area (Å²) in [4.78, 5) is 6.46. The van der Waals surface area contributed by atoms with E-state index in [1.807, 2.05) is 37.5 Å². The van der Waals surface area contributed by atoms with E-state index in [9.17, 15) is 5.11 Å². The lowest BCUT2D eigenvalue weighted by molar-refractivity contribution is 0.301. The van der Waals surface area contributed by atoms with Crippen molar-refractivity contribution in [3.63, 3.8) is 0 Å². The fourth-order valence-corrected chi connectivity index (χ4v) is 2.35. The first-order valence-electron chi connectivity index (χ1n) is 7.20. The first kappa shape index (κ1) is 14.6. The third-order valence-corrected chi connectivity index (χ3v) is 3.49. The van der Waals surface area contributed by atoms with Gasteiger partial charge < -0.3 is 14.6 Å². The average molecular weight is 273 g/mol. The minimum Gasteiger partial charge on any atom is -0.395 e. The number of imidazole rings is 1. The highest BCUT2D eigenvalue weighted by Crippen LogP contribution is 2.13. The van der Waals surface area contributed by atoms with Crippen LogP contribution < -0.4 is 4.90 Å². The van der Waals surface area contributed by atoms with Crippen LogP contribution in [-0.4, -0.2) is 34.4 Å². The molecule has 20 heavy (non-hydrogen) atoms.